The molecule has 1 fully saturated rings. The Hall–Kier alpha value is -0.0800. The minimum atomic E-state index is 0.305. The first-order valence-electron chi connectivity index (χ1n) is 4.81. The Labute approximate surface area is 75.9 Å². The van der Waals surface area contributed by atoms with E-state index in [2.05, 4.69) is 25.7 Å². The monoisotopic (exact) mass is 171 g/mol. The highest BCUT2D eigenvalue weighted by Gasteiger charge is 2.32. The maximum absolute atomic E-state index is 5.21. The third kappa shape index (κ3) is 2.20. The van der Waals surface area contributed by atoms with Crippen LogP contribution in [0.5, 0.6) is 0 Å². The lowest BCUT2D eigenvalue weighted by Crippen LogP contribution is -2.46. The summed E-state index contributed by atoms with van der Waals surface area (Å²) in [5, 5.41) is 0. The van der Waals surface area contributed by atoms with E-state index in [1.165, 1.54) is 19.4 Å². The van der Waals surface area contributed by atoms with E-state index in [1.807, 2.05) is 0 Å². The molecule has 0 unspecified atom stereocenters. The summed E-state index contributed by atoms with van der Waals surface area (Å²) in [6.07, 6.45) is 2.62. The van der Waals surface area contributed by atoms with Crippen LogP contribution in [0, 0.1) is 0 Å². The maximum Gasteiger partial charge on any atom is 0.0618 e. The number of rotatable bonds is 2. The minimum absolute atomic E-state index is 0.305. The molecule has 0 aromatic rings. The van der Waals surface area contributed by atoms with Gasteiger partial charge in [-0.2, -0.15) is 0 Å². The van der Waals surface area contributed by atoms with Crippen LogP contribution in [0.25, 0.3) is 0 Å². The van der Waals surface area contributed by atoms with Gasteiger partial charge < -0.3 is 4.74 Å². The number of nitrogens with zero attached hydrogens (tertiary/aromatic N) is 1. The highest BCUT2D eigenvalue weighted by molar-refractivity contribution is 4.87. The van der Waals surface area contributed by atoms with Gasteiger partial charge in [0.05, 0.1) is 6.61 Å². The quantitative estimate of drug-likeness (QED) is 0.629. The molecule has 0 radical (unpaired) electrons. The van der Waals surface area contributed by atoms with Crippen LogP contribution >= 0.6 is 0 Å². The van der Waals surface area contributed by atoms with Crippen molar-refractivity contribution < 1.29 is 4.74 Å². The normalized spacial score (nSPS) is 26.5. The third-order valence-electron chi connectivity index (χ3n) is 2.60. The molecule has 1 aliphatic heterocycles. The van der Waals surface area contributed by atoms with Gasteiger partial charge in [0.25, 0.3) is 0 Å². The SMILES string of the molecule is COC[C@@H]1CCCN1C(C)(C)C. The molecule has 0 aliphatic carbocycles. The molecule has 0 amide bonds. The minimum Gasteiger partial charge on any atom is -0.383 e. The summed E-state index contributed by atoms with van der Waals surface area (Å²) >= 11 is 0. The fraction of sp³-hybridized carbons (Fsp3) is 1.00. The van der Waals surface area contributed by atoms with Crippen LogP contribution in [0.15, 0.2) is 0 Å². The summed E-state index contributed by atoms with van der Waals surface area (Å²) in [4.78, 5) is 2.55. The largest absolute Gasteiger partial charge is 0.383 e. The van der Waals surface area contributed by atoms with E-state index in [1.54, 1.807) is 7.11 Å². The Morgan fingerprint density at radius 1 is 1.42 bits per heavy atom. The number of hydrogen-bond donors (Lipinski definition) is 0. The van der Waals surface area contributed by atoms with Gasteiger partial charge in [0.1, 0.15) is 0 Å². The van der Waals surface area contributed by atoms with Crippen LogP contribution in [0.3, 0.4) is 0 Å². The molecule has 0 N–H and O–H groups in total. The van der Waals surface area contributed by atoms with Crippen LogP contribution in [0.4, 0.5) is 0 Å². The predicted molar refractivity (Wildman–Crippen MR) is 51.4 cm³/mol. The van der Waals surface area contributed by atoms with Crippen LogP contribution < -0.4 is 0 Å². The molecular weight excluding hydrogens is 150 g/mol. The van der Waals surface area contributed by atoms with E-state index in [4.69, 9.17) is 4.74 Å². The van der Waals surface area contributed by atoms with Crippen LogP contribution in [0.1, 0.15) is 33.6 Å². The van der Waals surface area contributed by atoms with Crippen LogP contribution in [-0.4, -0.2) is 36.7 Å². The third-order valence-corrected chi connectivity index (χ3v) is 2.60. The Bertz CT molecular complexity index is 139. The number of ether oxygens (including phenoxy) is 1. The van der Waals surface area contributed by atoms with Crippen molar-refractivity contribution >= 4 is 0 Å². The molecular formula is C10H21NO. The standard InChI is InChI=1S/C10H21NO/c1-10(2,3)11-7-5-6-9(11)8-12-4/h9H,5-8H2,1-4H3/t9-/m0/s1. The molecule has 1 saturated heterocycles. The van der Waals surface area contributed by atoms with Crippen molar-refractivity contribution in [3.63, 3.8) is 0 Å². The Kier molecular flexibility index (Phi) is 3.13. The van der Waals surface area contributed by atoms with Gasteiger partial charge in [-0.25, -0.2) is 0 Å². The summed E-state index contributed by atoms with van der Waals surface area (Å²) in [7, 11) is 1.79. The van der Waals surface area contributed by atoms with Crippen molar-refractivity contribution in [2.45, 2.75) is 45.2 Å². The molecule has 12 heavy (non-hydrogen) atoms. The molecule has 1 aliphatic rings. The van der Waals surface area contributed by atoms with Gasteiger partial charge in [-0.05, 0) is 40.2 Å². The first-order valence-corrected chi connectivity index (χ1v) is 4.81. The van der Waals surface area contributed by atoms with E-state index >= 15 is 0 Å². The van der Waals surface area contributed by atoms with Gasteiger partial charge in [-0.3, -0.25) is 4.90 Å². The van der Waals surface area contributed by atoms with Crippen molar-refractivity contribution in [3.05, 3.63) is 0 Å². The lowest BCUT2D eigenvalue weighted by Gasteiger charge is -2.36. The van der Waals surface area contributed by atoms with Crippen molar-refractivity contribution in [3.8, 4) is 0 Å². The fourth-order valence-electron chi connectivity index (χ4n) is 2.08. The molecule has 1 atom stereocenters. The Morgan fingerprint density at radius 2 is 2.08 bits per heavy atom. The first kappa shape index (κ1) is 10.0. The summed E-state index contributed by atoms with van der Waals surface area (Å²) in [5.41, 5.74) is 0.305. The Morgan fingerprint density at radius 3 is 2.58 bits per heavy atom. The summed E-state index contributed by atoms with van der Waals surface area (Å²) in [5.74, 6) is 0. The van der Waals surface area contributed by atoms with E-state index < -0.39 is 0 Å². The molecule has 0 aromatic carbocycles. The molecule has 72 valence electrons. The second kappa shape index (κ2) is 3.75. The molecule has 1 heterocycles. The highest BCUT2D eigenvalue weighted by Crippen LogP contribution is 2.26. The first-order chi connectivity index (χ1) is 5.55. The van der Waals surface area contributed by atoms with E-state index in [0.29, 0.717) is 11.6 Å². The van der Waals surface area contributed by atoms with Gasteiger partial charge in [0, 0.05) is 18.7 Å². The van der Waals surface area contributed by atoms with E-state index in [0.717, 1.165) is 6.61 Å². The lowest BCUT2D eigenvalue weighted by molar-refractivity contribution is 0.0604. The van der Waals surface area contributed by atoms with Gasteiger partial charge in [-0.15, -0.1) is 0 Å². The molecule has 2 heteroatoms. The molecule has 0 saturated carbocycles. The number of methoxy groups -OCH3 is 1. The van der Waals surface area contributed by atoms with Crippen molar-refractivity contribution in [1.82, 2.24) is 4.90 Å². The molecule has 1 rings (SSSR count). The van der Waals surface area contributed by atoms with Gasteiger partial charge in [0.2, 0.25) is 0 Å². The van der Waals surface area contributed by atoms with Gasteiger partial charge in [-0.1, -0.05) is 0 Å². The zero-order chi connectivity index (χ0) is 9.19. The number of likely N-dealkylation sites (tertiary alicyclic amines) is 1. The van der Waals surface area contributed by atoms with Gasteiger partial charge in [0.15, 0.2) is 0 Å². The second-order valence-corrected chi connectivity index (χ2v) is 4.62. The smallest absolute Gasteiger partial charge is 0.0618 e. The molecule has 2 nitrogen and oxygen atoms in total. The van der Waals surface area contributed by atoms with Crippen molar-refractivity contribution in [2.24, 2.45) is 0 Å². The summed E-state index contributed by atoms with van der Waals surface area (Å²) in [6.45, 7) is 8.96. The van der Waals surface area contributed by atoms with Crippen molar-refractivity contribution in [1.29, 1.82) is 0 Å². The second-order valence-electron chi connectivity index (χ2n) is 4.62. The number of hydrogen-bond acceptors (Lipinski definition) is 2. The highest BCUT2D eigenvalue weighted by atomic mass is 16.5. The average molecular weight is 171 g/mol. The fourth-order valence-corrected chi connectivity index (χ4v) is 2.08. The molecule has 0 aromatic heterocycles. The molecule has 0 bridgehead atoms. The van der Waals surface area contributed by atoms with E-state index in [9.17, 15) is 0 Å². The predicted octanol–water partition coefficient (Wildman–Crippen LogP) is 1.90. The summed E-state index contributed by atoms with van der Waals surface area (Å²) < 4.78 is 5.21. The topological polar surface area (TPSA) is 12.5 Å². The zero-order valence-electron chi connectivity index (χ0n) is 8.76. The lowest BCUT2D eigenvalue weighted by atomic mass is 10.1. The maximum atomic E-state index is 5.21. The summed E-state index contributed by atoms with van der Waals surface area (Å²) in [6, 6.07) is 0.648. The Balaban J connectivity index is 2.52. The average Bonchev–Trinajstić information content (AvgIpc) is 2.34. The van der Waals surface area contributed by atoms with Crippen molar-refractivity contribution in [2.75, 3.05) is 20.3 Å². The van der Waals surface area contributed by atoms with Gasteiger partial charge >= 0.3 is 0 Å². The van der Waals surface area contributed by atoms with Crippen LogP contribution in [0.2, 0.25) is 0 Å². The zero-order valence-corrected chi connectivity index (χ0v) is 8.76. The van der Waals surface area contributed by atoms with E-state index in [-0.39, 0.29) is 0 Å². The molecule has 0 spiro atoms. The van der Waals surface area contributed by atoms with Crippen LogP contribution in [-0.2, 0) is 4.74 Å².